The lowest BCUT2D eigenvalue weighted by molar-refractivity contribution is 0.0995. The first-order valence-corrected chi connectivity index (χ1v) is 5.61. The highest BCUT2D eigenvalue weighted by atomic mass is 16.1. The number of nitrogens with two attached hydrogens (primary N) is 1. The lowest BCUT2D eigenvalue weighted by Crippen LogP contribution is -2.25. The van der Waals surface area contributed by atoms with Crippen molar-refractivity contribution in [3.8, 4) is 0 Å². The minimum Gasteiger partial charge on any atom is -0.364 e. The minimum absolute atomic E-state index is 0.311. The van der Waals surface area contributed by atoms with Gasteiger partial charge in [-0.05, 0) is 25.0 Å². The van der Waals surface area contributed by atoms with Gasteiger partial charge >= 0.3 is 0 Å². The Labute approximate surface area is 96.3 Å². The van der Waals surface area contributed by atoms with Crippen molar-refractivity contribution in [3.05, 3.63) is 29.6 Å². The largest absolute Gasteiger partial charge is 0.364 e. The van der Waals surface area contributed by atoms with Crippen molar-refractivity contribution in [2.75, 3.05) is 0 Å². The highest BCUT2D eigenvalue weighted by Crippen LogP contribution is 2.01. The molecule has 0 aliphatic rings. The van der Waals surface area contributed by atoms with Crippen LogP contribution in [0.3, 0.4) is 0 Å². The molecule has 88 valence electrons. The number of primary amides is 1. The van der Waals surface area contributed by atoms with Crippen molar-refractivity contribution in [3.63, 3.8) is 0 Å². The number of amides is 1. The van der Waals surface area contributed by atoms with Crippen LogP contribution in [0.2, 0.25) is 0 Å². The number of carbonyl (C=O) groups is 1. The van der Waals surface area contributed by atoms with Gasteiger partial charge in [0.2, 0.25) is 0 Å². The predicted octanol–water partition coefficient (Wildman–Crippen LogP) is 1.46. The van der Waals surface area contributed by atoms with Gasteiger partial charge in [-0.1, -0.05) is 19.4 Å². The van der Waals surface area contributed by atoms with E-state index in [-0.39, 0.29) is 0 Å². The van der Waals surface area contributed by atoms with E-state index in [1.54, 1.807) is 12.3 Å². The van der Waals surface area contributed by atoms with Gasteiger partial charge in [0.1, 0.15) is 5.69 Å². The van der Waals surface area contributed by atoms with Crippen LogP contribution in [0.1, 0.15) is 42.7 Å². The summed E-state index contributed by atoms with van der Waals surface area (Å²) in [5.41, 5.74) is 6.48. The zero-order valence-electron chi connectivity index (χ0n) is 9.86. The van der Waals surface area contributed by atoms with E-state index in [9.17, 15) is 4.79 Å². The summed E-state index contributed by atoms with van der Waals surface area (Å²) in [5.74, 6) is -0.487. The molecular formula is C12H19N3O. The Bertz CT molecular complexity index is 335. The maximum atomic E-state index is 10.8. The van der Waals surface area contributed by atoms with Crippen molar-refractivity contribution in [2.45, 2.75) is 39.3 Å². The first-order valence-electron chi connectivity index (χ1n) is 5.61. The fraction of sp³-hybridized carbons (Fsp3) is 0.500. The first-order chi connectivity index (χ1) is 7.63. The number of hydrogen-bond acceptors (Lipinski definition) is 3. The number of nitrogens with zero attached hydrogens (tertiary/aromatic N) is 1. The van der Waals surface area contributed by atoms with E-state index in [0.717, 1.165) is 18.5 Å². The van der Waals surface area contributed by atoms with Crippen LogP contribution in [0.5, 0.6) is 0 Å². The van der Waals surface area contributed by atoms with Gasteiger partial charge in [0, 0.05) is 18.8 Å². The van der Waals surface area contributed by atoms with Gasteiger partial charge in [0.15, 0.2) is 0 Å². The number of carbonyl (C=O) groups excluding carboxylic acids is 1. The molecule has 0 bridgehead atoms. The molecule has 1 unspecified atom stereocenters. The third-order valence-electron chi connectivity index (χ3n) is 2.45. The highest BCUT2D eigenvalue weighted by Gasteiger charge is 2.03. The molecule has 4 heteroatoms. The molecular weight excluding hydrogens is 202 g/mol. The normalized spacial score (nSPS) is 12.4. The average molecular weight is 221 g/mol. The number of hydrogen-bond donors (Lipinski definition) is 2. The number of pyridine rings is 1. The summed E-state index contributed by atoms with van der Waals surface area (Å²) < 4.78 is 0. The molecule has 0 saturated heterocycles. The molecule has 0 aromatic carbocycles. The second kappa shape index (κ2) is 6.23. The van der Waals surface area contributed by atoms with E-state index in [2.05, 4.69) is 24.1 Å². The van der Waals surface area contributed by atoms with Gasteiger partial charge in [-0.15, -0.1) is 0 Å². The molecule has 0 aliphatic carbocycles. The average Bonchev–Trinajstić information content (AvgIpc) is 2.27. The van der Waals surface area contributed by atoms with Gasteiger partial charge in [-0.3, -0.25) is 9.78 Å². The second-order valence-electron chi connectivity index (χ2n) is 3.99. The molecule has 0 aliphatic heterocycles. The number of rotatable bonds is 6. The van der Waals surface area contributed by atoms with Gasteiger partial charge in [-0.2, -0.15) is 0 Å². The van der Waals surface area contributed by atoms with Gasteiger partial charge < -0.3 is 11.1 Å². The molecule has 0 radical (unpaired) electrons. The van der Waals surface area contributed by atoms with Crippen LogP contribution in [0.25, 0.3) is 0 Å². The van der Waals surface area contributed by atoms with E-state index in [1.807, 2.05) is 6.07 Å². The lowest BCUT2D eigenvalue weighted by atomic mass is 10.2. The number of aromatic nitrogens is 1. The maximum absolute atomic E-state index is 10.8. The van der Waals surface area contributed by atoms with Crippen LogP contribution in [0.4, 0.5) is 0 Å². The smallest absolute Gasteiger partial charge is 0.267 e. The maximum Gasteiger partial charge on any atom is 0.267 e. The van der Waals surface area contributed by atoms with Crippen LogP contribution >= 0.6 is 0 Å². The first kappa shape index (κ1) is 12.6. The zero-order chi connectivity index (χ0) is 12.0. The van der Waals surface area contributed by atoms with Crippen LogP contribution in [-0.2, 0) is 6.54 Å². The van der Waals surface area contributed by atoms with Gasteiger partial charge in [0.05, 0.1) is 0 Å². The molecule has 0 fully saturated rings. The molecule has 1 aromatic heterocycles. The summed E-state index contributed by atoms with van der Waals surface area (Å²) in [5, 5.41) is 3.39. The van der Waals surface area contributed by atoms with Crippen molar-refractivity contribution in [1.82, 2.24) is 10.3 Å². The third-order valence-corrected chi connectivity index (χ3v) is 2.45. The Morgan fingerprint density at radius 3 is 2.81 bits per heavy atom. The molecule has 1 rings (SSSR count). The summed E-state index contributed by atoms with van der Waals surface area (Å²) in [6.45, 7) is 5.10. The monoisotopic (exact) mass is 221 g/mol. The standard InChI is InChI=1S/C12H19N3O/c1-3-4-9(2)14-7-10-5-6-11(12(13)16)15-8-10/h5-6,8-9,14H,3-4,7H2,1-2H3,(H2,13,16). The zero-order valence-corrected chi connectivity index (χ0v) is 9.86. The summed E-state index contributed by atoms with van der Waals surface area (Å²) >= 11 is 0. The van der Waals surface area contributed by atoms with Crippen molar-refractivity contribution in [2.24, 2.45) is 5.73 Å². The third kappa shape index (κ3) is 3.98. The van der Waals surface area contributed by atoms with Crippen molar-refractivity contribution in [1.29, 1.82) is 0 Å². The molecule has 1 heterocycles. The Kier molecular flexibility index (Phi) is 4.92. The molecule has 4 nitrogen and oxygen atoms in total. The fourth-order valence-corrected chi connectivity index (χ4v) is 1.50. The van der Waals surface area contributed by atoms with E-state index in [4.69, 9.17) is 5.73 Å². The fourth-order valence-electron chi connectivity index (χ4n) is 1.50. The van der Waals surface area contributed by atoms with Crippen LogP contribution in [-0.4, -0.2) is 16.9 Å². The van der Waals surface area contributed by atoms with Crippen molar-refractivity contribution >= 4 is 5.91 Å². The van der Waals surface area contributed by atoms with E-state index < -0.39 is 5.91 Å². The summed E-state index contributed by atoms with van der Waals surface area (Å²) in [6, 6.07) is 4.03. The van der Waals surface area contributed by atoms with Gasteiger partial charge in [0.25, 0.3) is 5.91 Å². The Morgan fingerprint density at radius 2 is 2.31 bits per heavy atom. The van der Waals surface area contributed by atoms with Crippen molar-refractivity contribution < 1.29 is 4.79 Å². The lowest BCUT2D eigenvalue weighted by Gasteiger charge is -2.12. The quantitative estimate of drug-likeness (QED) is 0.764. The van der Waals surface area contributed by atoms with Gasteiger partial charge in [-0.25, -0.2) is 0 Å². The van der Waals surface area contributed by atoms with E-state index in [1.165, 1.54) is 6.42 Å². The molecule has 1 aromatic rings. The Hall–Kier alpha value is -1.42. The second-order valence-corrected chi connectivity index (χ2v) is 3.99. The Balaban J connectivity index is 2.46. The molecule has 3 N–H and O–H groups in total. The summed E-state index contributed by atoms with van der Waals surface area (Å²) in [4.78, 5) is 14.8. The molecule has 0 spiro atoms. The Morgan fingerprint density at radius 1 is 1.56 bits per heavy atom. The highest BCUT2D eigenvalue weighted by molar-refractivity contribution is 5.90. The van der Waals surface area contributed by atoms with Crippen LogP contribution in [0, 0.1) is 0 Å². The SMILES string of the molecule is CCCC(C)NCc1ccc(C(N)=O)nc1. The molecule has 1 atom stereocenters. The van der Waals surface area contributed by atoms with Crippen LogP contribution < -0.4 is 11.1 Å². The molecule has 0 saturated carbocycles. The molecule has 16 heavy (non-hydrogen) atoms. The molecule has 1 amide bonds. The topological polar surface area (TPSA) is 68.0 Å². The van der Waals surface area contributed by atoms with E-state index >= 15 is 0 Å². The summed E-state index contributed by atoms with van der Waals surface area (Å²) in [7, 11) is 0. The van der Waals surface area contributed by atoms with E-state index in [0.29, 0.717) is 11.7 Å². The summed E-state index contributed by atoms with van der Waals surface area (Å²) in [6.07, 6.45) is 4.02. The predicted molar refractivity (Wildman–Crippen MR) is 64.0 cm³/mol. The minimum atomic E-state index is -0.487. The van der Waals surface area contributed by atoms with Crippen LogP contribution in [0.15, 0.2) is 18.3 Å². The number of nitrogens with one attached hydrogen (secondary N) is 1.